The van der Waals surface area contributed by atoms with Crippen molar-refractivity contribution >= 4 is 17.9 Å². The first-order chi connectivity index (χ1) is 7.32. The van der Waals surface area contributed by atoms with Crippen LogP contribution < -0.4 is 0 Å². The molecule has 0 amide bonds. The molecule has 1 unspecified atom stereocenters. The Kier molecular flexibility index (Phi) is 5.84. The van der Waals surface area contributed by atoms with Crippen LogP contribution >= 0.6 is 0 Å². The Balaban J connectivity index is 4.14. The van der Waals surface area contributed by atoms with Crippen molar-refractivity contribution in [2.24, 2.45) is 0 Å². The van der Waals surface area contributed by atoms with Crippen molar-refractivity contribution in [2.75, 3.05) is 0 Å². The lowest BCUT2D eigenvalue weighted by atomic mass is 10.4. The zero-order valence-corrected chi connectivity index (χ0v) is 9.30. The predicted octanol–water partition coefficient (Wildman–Crippen LogP) is 0.511. The number of hydrogen-bond donors (Lipinski definition) is 1. The van der Waals surface area contributed by atoms with Crippen LogP contribution in [0.4, 0.5) is 0 Å². The van der Waals surface area contributed by atoms with Gasteiger partial charge in [0.05, 0.1) is 6.10 Å². The summed E-state index contributed by atoms with van der Waals surface area (Å²) < 4.78 is 9.38. The van der Waals surface area contributed by atoms with E-state index in [1.54, 1.807) is 13.8 Å². The van der Waals surface area contributed by atoms with Gasteiger partial charge in [0, 0.05) is 12.2 Å². The Morgan fingerprint density at radius 1 is 1.06 bits per heavy atom. The first-order valence-electron chi connectivity index (χ1n) is 4.65. The third-order valence-electron chi connectivity index (χ3n) is 1.34. The van der Waals surface area contributed by atoms with E-state index >= 15 is 0 Å². The van der Waals surface area contributed by atoms with Gasteiger partial charge in [0.2, 0.25) is 0 Å². The van der Waals surface area contributed by atoms with E-state index in [4.69, 9.17) is 9.84 Å². The molecule has 0 aromatic heterocycles. The van der Waals surface area contributed by atoms with Crippen LogP contribution in [0.1, 0.15) is 20.8 Å². The average Bonchev–Trinajstić information content (AvgIpc) is 2.13. The molecule has 1 atom stereocenters. The summed E-state index contributed by atoms with van der Waals surface area (Å²) in [5, 5.41) is 8.24. The Morgan fingerprint density at radius 3 is 2.06 bits per heavy atom. The maximum atomic E-state index is 11.2. The highest BCUT2D eigenvalue weighted by Crippen LogP contribution is 1.99. The average molecular weight is 230 g/mol. The molecule has 0 rings (SSSR count). The zero-order valence-electron chi connectivity index (χ0n) is 9.30. The molecule has 0 aliphatic carbocycles. The summed E-state index contributed by atoms with van der Waals surface area (Å²) in [5.74, 6) is -2.85. The molecule has 0 saturated heterocycles. The highest BCUT2D eigenvalue weighted by Gasteiger charge is 2.19. The van der Waals surface area contributed by atoms with Gasteiger partial charge in [-0.05, 0) is 20.8 Å². The molecule has 0 heterocycles. The van der Waals surface area contributed by atoms with Crippen molar-refractivity contribution < 1.29 is 29.0 Å². The number of carbonyl (C=O) groups is 3. The minimum Gasteiger partial charge on any atom is -0.478 e. The molecule has 0 bridgehead atoms. The summed E-state index contributed by atoms with van der Waals surface area (Å²) in [6.07, 6.45) is -0.0128. The summed E-state index contributed by atoms with van der Waals surface area (Å²) in [6.45, 7) is 4.67. The van der Waals surface area contributed by atoms with Gasteiger partial charge in [-0.1, -0.05) is 0 Å². The van der Waals surface area contributed by atoms with E-state index in [1.807, 2.05) is 0 Å². The van der Waals surface area contributed by atoms with E-state index < -0.39 is 24.0 Å². The minimum absolute atomic E-state index is 0.303. The molecule has 0 aliphatic rings. The summed E-state index contributed by atoms with van der Waals surface area (Å²) in [6, 6.07) is 0. The van der Waals surface area contributed by atoms with Gasteiger partial charge in [-0.25, -0.2) is 14.4 Å². The largest absolute Gasteiger partial charge is 0.478 e. The van der Waals surface area contributed by atoms with Crippen LogP contribution in [0.25, 0.3) is 0 Å². The molecule has 0 aromatic carbocycles. The van der Waals surface area contributed by atoms with Gasteiger partial charge in [-0.3, -0.25) is 0 Å². The molecule has 0 aromatic rings. The van der Waals surface area contributed by atoms with Crippen molar-refractivity contribution in [3.05, 3.63) is 12.2 Å². The number of carboxylic acid groups (broad SMARTS) is 1. The van der Waals surface area contributed by atoms with Crippen molar-refractivity contribution in [3.63, 3.8) is 0 Å². The highest BCUT2D eigenvalue weighted by atomic mass is 16.6. The Hall–Kier alpha value is -1.85. The number of hydrogen-bond acceptors (Lipinski definition) is 5. The van der Waals surface area contributed by atoms with Gasteiger partial charge in [0.15, 0.2) is 6.10 Å². The van der Waals surface area contributed by atoms with Gasteiger partial charge >= 0.3 is 17.9 Å². The van der Waals surface area contributed by atoms with Gasteiger partial charge in [0.1, 0.15) is 0 Å². The molecule has 6 nitrogen and oxygen atoms in total. The standard InChI is InChI=1S/C10H14O6/c1-6(2)15-10(14)7(3)16-9(13)5-4-8(11)12/h4-7H,1-3H3,(H,11,12)/b5-4+. The number of esters is 2. The van der Waals surface area contributed by atoms with Crippen LogP contribution in [0.3, 0.4) is 0 Å². The summed E-state index contributed by atoms with van der Waals surface area (Å²) in [7, 11) is 0. The van der Waals surface area contributed by atoms with Crippen LogP contribution in [0.2, 0.25) is 0 Å². The maximum absolute atomic E-state index is 11.2. The van der Waals surface area contributed by atoms with Crippen LogP contribution in [0.5, 0.6) is 0 Å². The molecule has 0 radical (unpaired) electrons. The van der Waals surface area contributed by atoms with Crippen LogP contribution in [0.15, 0.2) is 12.2 Å². The summed E-state index contributed by atoms with van der Waals surface area (Å²) in [4.78, 5) is 32.2. The quantitative estimate of drug-likeness (QED) is 0.546. The second-order valence-corrected chi connectivity index (χ2v) is 3.24. The smallest absolute Gasteiger partial charge is 0.347 e. The summed E-state index contributed by atoms with van der Waals surface area (Å²) in [5.41, 5.74) is 0. The molecule has 90 valence electrons. The topological polar surface area (TPSA) is 89.9 Å². The molecule has 0 saturated carbocycles. The molecular weight excluding hydrogens is 216 g/mol. The number of ether oxygens (including phenoxy) is 2. The van der Waals surface area contributed by atoms with E-state index in [0.29, 0.717) is 6.08 Å². The van der Waals surface area contributed by atoms with E-state index in [2.05, 4.69) is 4.74 Å². The molecule has 0 fully saturated rings. The Morgan fingerprint density at radius 2 is 1.62 bits per heavy atom. The van der Waals surface area contributed by atoms with Crippen molar-refractivity contribution in [2.45, 2.75) is 33.0 Å². The lowest BCUT2D eigenvalue weighted by Gasteiger charge is -2.13. The second kappa shape index (κ2) is 6.60. The lowest BCUT2D eigenvalue weighted by Crippen LogP contribution is -2.27. The van der Waals surface area contributed by atoms with Crippen molar-refractivity contribution in [3.8, 4) is 0 Å². The molecule has 16 heavy (non-hydrogen) atoms. The number of carbonyl (C=O) groups excluding carboxylic acids is 2. The highest BCUT2D eigenvalue weighted by molar-refractivity contribution is 5.91. The number of rotatable bonds is 5. The number of carboxylic acids is 1. The SMILES string of the molecule is CC(C)OC(=O)C(C)OC(=O)/C=C/C(=O)O. The summed E-state index contributed by atoms with van der Waals surface area (Å²) >= 11 is 0. The molecule has 0 aliphatic heterocycles. The van der Waals surface area contributed by atoms with Crippen LogP contribution in [-0.4, -0.2) is 35.2 Å². The fraction of sp³-hybridized carbons (Fsp3) is 0.500. The monoisotopic (exact) mass is 230 g/mol. The first kappa shape index (κ1) is 14.2. The third kappa shape index (κ3) is 6.58. The van der Waals surface area contributed by atoms with Gasteiger partial charge in [0.25, 0.3) is 0 Å². The Bertz CT molecular complexity index is 304. The molecule has 0 spiro atoms. The van der Waals surface area contributed by atoms with E-state index in [9.17, 15) is 14.4 Å². The van der Waals surface area contributed by atoms with Crippen molar-refractivity contribution in [1.82, 2.24) is 0 Å². The minimum atomic E-state index is -1.27. The lowest BCUT2D eigenvalue weighted by molar-refractivity contribution is -0.166. The van der Waals surface area contributed by atoms with E-state index in [1.165, 1.54) is 6.92 Å². The van der Waals surface area contributed by atoms with Crippen LogP contribution in [0, 0.1) is 0 Å². The zero-order chi connectivity index (χ0) is 12.7. The van der Waals surface area contributed by atoms with E-state index in [-0.39, 0.29) is 6.10 Å². The van der Waals surface area contributed by atoms with E-state index in [0.717, 1.165) is 6.08 Å². The van der Waals surface area contributed by atoms with Gasteiger partial charge in [-0.2, -0.15) is 0 Å². The molecule has 1 N–H and O–H groups in total. The maximum Gasteiger partial charge on any atom is 0.347 e. The fourth-order valence-electron chi connectivity index (χ4n) is 0.729. The second-order valence-electron chi connectivity index (χ2n) is 3.24. The normalized spacial score (nSPS) is 12.5. The third-order valence-corrected chi connectivity index (χ3v) is 1.34. The van der Waals surface area contributed by atoms with Gasteiger partial charge < -0.3 is 14.6 Å². The first-order valence-corrected chi connectivity index (χ1v) is 4.65. The molecular formula is C10H14O6. The number of aliphatic carboxylic acids is 1. The fourth-order valence-corrected chi connectivity index (χ4v) is 0.729. The van der Waals surface area contributed by atoms with Crippen molar-refractivity contribution in [1.29, 1.82) is 0 Å². The van der Waals surface area contributed by atoms with Crippen LogP contribution in [-0.2, 0) is 23.9 Å². The predicted molar refractivity (Wildman–Crippen MR) is 53.6 cm³/mol. The van der Waals surface area contributed by atoms with Gasteiger partial charge in [-0.15, -0.1) is 0 Å². The Labute approximate surface area is 92.8 Å². The molecule has 6 heteroatoms.